The van der Waals surface area contributed by atoms with Gasteiger partial charge in [-0.1, -0.05) is 130 Å². The average molecular weight is 885 g/mol. The van der Waals surface area contributed by atoms with Crippen LogP contribution in [0.5, 0.6) is 0 Å². The summed E-state index contributed by atoms with van der Waals surface area (Å²) < 4.78 is 1.96. The van der Waals surface area contributed by atoms with Crippen LogP contribution in [0.15, 0.2) is 155 Å². The Morgan fingerprint density at radius 1 is 0.600 bits per heavy atom. The first-order valence-corrected chi connectivity index (χ1v) is 18.9. The Morgan fingerprint density at radius 3 is 1.40 bits per heavy atom. The van der Waals surface area contributed by atoms with E-state index < -0.39 is 19.2 Å². The summed E-state index contributed by atoms with van der Waals surface area (Å²) in [5.74, 6) is -1.49. The van der Waals surface area contributed by atoms with Gasteiger partial charge in [0.25, 0.3) is 0 Å². The number of rotatable bonds is 12. The molecule has 0 fully saturated rings. The lowest BCUT2D eigenvalue weighted by Gasteiger charge is -2.27. The number of hydrogen-bond acceptors (Lipinski definition) is 3. The van der Waals surface area contributed by atoms with Crippen molar-refractivity contribution in [3.8, 4) is 0 Å². The van der Waals surface area contributed by atoms with Crippen LogP contribution in [0.3, 0.4) is 0 Å². The molecular formula is C41H42Br3O5P. The van der Waals surface area contributed by atoms with Crippen molar-refractivity contribution in [2.75, 3.05) is 6.16 Å². The first-order chi connectivity index (χ1) is 23.2. The number of carbonyl (C=O) groups is 3. The van der Waals surface area contributed by atoms with Gasteiger partial charge in [0.15, 0.2) is 0 Å². The second-order valence-corrected chi connectivity index (χ2v) is 16.0. The Labute approximate surface area is 323 Å². The standard InChI is InChI=1S/C22H21O2P.C11H11BrO2.C7H5BrO.CH4.BrH/c23-22(24)17-10-18-25(19-11-4-1-5-12-19,20-13-6-2-7-14-20)21-15-8-3-9-16-21;12-10-6-3-5-9(8-10)4-1-2-7-11(13)14;8-7-3-1-2-6(4-7)5-9;;/h1-9,11-16H,10,17-18H2;1,3-6,8H,2,7H2,(H,13,14);1-5H;1H4;1H/b;4-1+;;;. The maximum absolute atomic E-state index is 11.1. The Balaban J connectivity index is 0.000000422. The van der Waals surface area contributed by atoms with Crippen LogP contribution in [0.2, 0.25) is 0 Å². The van der Waals surface area contributed by atoms with Gasteiger partial charge >= 0.3 is 11.9 Å². The Morgan fingerprint density at radius 2 is 1.02 bits per heavy atom. The molecule has 0 bridgehead atoms. The zero-order valence-electron chi connectivity index (χ0n) is 26.7. The zero-order valence-corrected chi connectivity index (χ0v) is 32.4. The topological polar surface area (TPSA) is 91.7 Å². The van der Waals surface area contributed by atoms with E-state index in [1.807, 2.05) is 66.7 Å². The summed E-state index contributed by atoms with van der Waals surface area (Å²) in [4.78, 5) is 31.5. The van der Waals surface area contributed by atoms with E-state index in [1.165, 1.54) is 15.9 Å². The molecule has 0 aliphatic heterocycles. The number of carboxylic acid groups (broad SMARTS) is 2. The first-order valence-electron chi connectivity index (χ1n) is 15.4. The quantitative estimate of drug-likeness (QED) is 0.103. The molecule has 5 nitrogen and oxygen atoms in total. The fourth-order valence-corrected chi connectivity index (χ4v) is 10.1. The van der Waals surface area contributed by atoms with Crippen LogP contribution >= 0.6 is 39.1 Å². The predicted molar refractivity (Wildman–Crippen MR) is 213 cm³/mol. The number of halogens is 3. The SMILES string of the molecule is C.O=C(O)CC/C=C/c1cccc(Br)c1.O=C(O)CCC[P+](c1ccccc1)(c1ccccc1)c1ccccc1.O=Cc1cccc(Br)c1.[Br-]. The number of aliphatic carboxylic acids is 2. The molecule has 0 saturated heterocycles. The molecular weight excluding hydrogens is 843 g/mol. The van der Waals surface area contributed by atoms with Crippen molar-refractivity contribution in [3.63, 3.8) is 0 Å². The van der Waals surface area contributed by atoms with Gasteiger partial charge in [0.05, 0.1) is 6.16 Å². The molecule has 0 heterocycles. The number of carboxylic acids is 2. The largest absolute Gasteiger partial charge is 1.00 e. The number of benzene rings is 5. The van der Waals surface area contributed by atoms with Crippen molar-refractivity contribution in [1.29, 1.82) is 0 Å². The van der Waals surface area contributed by atoms with E-state index in [1.54, 1.807) is 12.1 Å². The molecule has 50 heavy (non-hydrogen) atoms. The highest BCUT2D eigenvalue weighted by Gasteiger charge is 2.44. The van der Waals surface area contributed by atoms with Crippen LogP contribution in [0, 0.1) is 0 Å². The predicted octanol–water partition coefficient (Wildman–Crippen LogP) is 7.07. The van der Waals surface area contributed by atoms with E-state index in [0.717, 1.165) is 27.0 Å². The van der Waals surface area contributed by atoms with Crippen LogP contribution in [0.4, 0.5) is 0 Å². The minimum Gasteiger partial charge on any atom is -1.00 e. The molecule has 9 heteroatoms. The molecule has 0 saturated carbocycles. The molecule has 0 aromatic heterocycles. The van der Waals surface area contributed by atoms with Gasteiger partial charge in [-0.15, -0.1) is 0 Å². The van der Waals surface area contributed by atoms with Gasteiger partial charge in [0, 0.05) is 27.4 Å². The molecule has 5 aromatic carbocycles. The average Bonchev–Trinajstić information content (AvgIpc) is 3.10. The smallest absolute Gasteiger partial charge is 0.303 e. The van der Waals surface area contributed by atoms with Gasteiger partial charge in [-0.05, 0) is 79.1 Å². The van der Waals surface area contributed by atoms with Crippen LogP contribution in [0.25, 0.3) is 6.08 Å². The van der Waals surface area contributed by atoms with E-state index >= 15 is 0 Å². The van der Waals surface area contributed by atoms with Gasteiger partial charge in [0.1, 0.15) is 29.5 Å². The van der Waals surface area contributed by atoms with E-state index in [-0.39, 0.29) is 37.2 Å². The lowest BCUT2D eigenvalue weighted by atomic mass is 10.2. The zero-order chi connectivity index (χ0) is 34.6. The summed E-state index contributed by atoms with van der Waals surface area (Å²) in [6, 6.07) is 46.8. The summed E-state index contributed by atoms with van der Waals surface area (Å²) in [5, 5.41) is 21.5. The highest BCUT2D eigenvalue weighted by atomic mass is 79.9. The lowest BCUT2D eigenvalue weighted by Crippen LogP contribution is -3.00. The fraction of sp³-hybridized carbons (Fsp3) is 0.146. The normalized spacial score (nSPS) is 10.2. The third-order valence-corrected chi connectivity index (χ3v) is 12.7. The summed E-state index contributed by atoms with van der Waals surface area (Å²) in [5.41, 5.74) is 1.77. The maximum atomic E-state index is 11.1. The Bertz CT molecular complexity index is 1650. The van der Waals surface area contributed by atoms with Crippen molar-refractivity contribution in [2.45, 2.75) is 33.1 Å². The first kappa shape index (κ1) is 44.3. The highest BCUT2D eigenvalue weighted by molar-refractivity contribution is 9.10. The van der Waals surface area contributed by atoms with Gasteiger partial charge in [-0.3, -0.25) is 14.4 Å². The molecule has 0 aliphatic carbocycles. The molecule has 5 rings (SSSR count). The van der Waals surface area contributed by atoms with Crippen LogP contribution in [0.1, 0.15) is 49.0 Å². The van der Waals surface area contributed by atoms with Crippen molar-refractivity contribution in [3.05, 3.63) is 166 Å². The molecule has 5 aromatic rings. The molecule has 0 atom stereocenters. The van der Waals surface area contributed by atoms with Crippen molar-refractivity contribution in [1.82, 2.24) is 0 Å². The molecule has 0 aliphatic rings. The monoisotopic (exact) mass is 882 g/mol. The second kappa shape index (κ2) is 24.5. The van der Waals surface area contributed by atoms with E-state index in [0.29, 0.717) is 18.4 Å². The van der Waals surface area contributed by atoms with Crippen LogP contribution < -0.4 is 32.9 Å². The van der Waals surface area contributed by atoms with Gasteiger partial charge < -0.3 is 27.2 Å². The third kappa shape index (κ3) is 15.1. The van der Waals surface area contributed by atoms with Crippen LogP contribution in [-0.4, -0.2) is 34.6 Å². The van der Waals surface area contributed by atoms with E-state index in [9.17, 15) is 14.4 Å². The Kier molecular flexibility index (Phi) is 21.7. The van der Waals surface area contributed by atoms with Crippen molar-refractivity contribution in [2.24, 2.45) is 0 Å². The molecule has 2 N–H and O–H groups in total. The number of allylic oxidation sites excluding steroid dienone is 1. The van der Waals surface area contributed by atoms with Gasteiger partial charge in [-0.2, -0.15) is 0 Å². The van der Waals surface area contributed by atoms with E-state index in [2.05, 4.69) is 105 Å². The lowest BCUT2D eigenvalue weighted by molar-refractivity contribution is -0.138. The third-order valence-electron chi connectivity index (χ3n) is 7.14. The maximum Gasteiger partial charge on any atom is 0.303 e. The number of hydrogen-bond donors (Lipinski definition) is 2. The number of carbonyl (C=O) groups excluding carboxylic acids is 1. The van der Waals surface area contributed by atoms with Crippen molar-refractivity contribution >= 4 is 79.3 Å². The summed E-state index contributed by atoms with van der Waals surface area (Å²) in [7, 11) is -1.87. The minimum atomic E-state index is -1.87. The fourth-order valence-electron chi connectivity index (χ4n) is 4.97. The summed E-state index contributed by atoms with van der Waals surface area (Å²) in [6.45, 7) is 0. The molecule has 0 radical (unpaired) electrons. The summed E-state index contributed by atoms with van der Waals surface area (Å²) in [6.07, 6.45) is 7.11. The van der Waals surface area contributed by atoms with Crippen molar-refractivity contribution < 1.29 is 41.6 Å². The van der Waals surface area contributed by atoms with Gasteiger partial charge in [0.2, 0.25) is 0 Å². The Hall–Kier alpha value is -3.68. The van der Waals surface area contributed by atoms with Crippen LogP contribution in [-0.2, 0) is 9.59 Å². The molecule has 0 unspecified atom stereocenters. The molecule has 0 amide bonds. The van der Waals surface area contributed by atoms with Gasteiger partial charge in [-0.25, -0.2) is 0 Å². The summed E-state index contributed by atoms with van der Waals surface area (Å²) >= 11 is 6.61. The number of aldehydes is 1. The molecule has 0 spiro atoms. The minimum absolute atomic E-state index is 0. The second-order valence-electron chi connectivity index (χ2n) is 10.6. The van der Waals surface area contributed by atoms with E-state index in [4.69, 9.17) is 10.2 Å². The highest BCUT2D eigenvalue weighted by Crippen LogP contribution is 2.55. The molecule has 262 valence electrons.